The first-order valence-corrected chi connectivity index (χ1v) is 13.7. The number of carbonyl (C=O) groups is 4. The van der Waals surface area contributed by atoms with Crippen LogP contribution in [-0.4, -0.2) is 52.4 Å². The summed E-state index contributed by atoms with van der Waals surface area (Å²) in [5, 5.41) is 5.69. The average molecular weight is 533 g/mol. The molecule has 0 aliphatic carbocycles. The summed E-state index contributed by atoms with van der Waals surface area (Å²) in [5.41, 5.74) is 6.37. The normalized spacial score (nSPS) is 14.5. The molecule has 0 aliphatic rings. The molecule has 1 rings (SSSR count). The Hall–Kier alpha value is -3.10. The third kappa shape index (κ3) is 10.7. The first kappa shape index (κ1) is 32.9. The summed E-state index contributed by atoms with van der Waals surface area (Å²) in [6.07, 6.45) is 2.20. The predicted molar refractivity (Wildman–Crippen MR) is 149 cm³/mol. The van der Waals surface area contributed by atoms with Crippen molar-refractivity contribution in [2.75, 3.05) is 0 Å². The number of nitrogens with zero attached hydrogens (tertiary/aromatic N) is 1. The van der Waals surface area contributed by atoms with Crippen LogP contribution in [0.2, 0.25) is 0 Å². The molecular formula is C29H48N4O5. The van der Waals surface area contributed by atoms with Gasteiger partial charge in [-0.05, 0) is 71.4 Å². The zero-order valence-electron chi connectivity index (χ0n) is 24.4. The Morgan fingerprint density at radius 1 is 0.974 bits per heavy atom. The standard InChI is InChI=1S/C29H48N4O5/c1-9-12-19(4)31-26(35)25(22-15-13-21(11-3)14-16-22)33(20(5)10-2)27(36)23(17-18-24(30)34)32-28(37)38-29(6,7)8/h13-16,19-20,23,25H,9-12,17-18H2,1-8H3,(H2,30,34)(H,31,35)(H,32,37). The lowest BCUT2D eigenvalue weighted by Gasteiger charge is -2.38. The highest BCUT2D eigenvalue weighted by Crippen LogP contribution is 2.27. The number of amides is 4. The van der Waals surface area contributed by atoms with Gasteiger partial charge in [0.1, 0.15) is 17.7 Å². The highest BCUT2D eigenvalue weighted by molar-refractivity contribution is 5.92. The Morgan fingerprint density at radius 3 is 2.05 bits per heavy atom. The molecule has 38 heavy (non-hydrogen) atoms. The molecule has 0 saturated carbocycles. The lowest BCUT2D eigenvalue weighted by molar-refractivity contribution is -0.145. The van der Waals surface area contributed by atoms with Crippen molar-refractivity contribution in [1.29, 1.82) is 0 Å². The van der Waals surface area contributed by atoms with Gasteiger partial charge in [0.25, 0.3) is 0 Å². The molecule has 0 radical (unpaired) electrons. The molecule has 0 bridgehead atoms. The van der Waals surface area contributed by atoms with Crippen molar-refractivity contribution in [3.8, 4) is 0 Å². The minimum atomic E-state index is -1.11. The third-order valence-electron chi connectivity index (χ3n) is 6.33. The number of nitrogens with two attached hydrogens (primary N) is 1. The van der Waals surface area contributed by atoms with Gasteiger partial charge in [0.2, 0.25) is 17.7 Å². The van der Waals surface area contributed by atoms with Crippen molar-refractivity contribution in [2.45, 2.75) is 124 Å². The van der Waals surface area contributed by atoms with Crippen molar-refractivity contribution < 1.29 is 23.9 Å². The van der Waals surface area contributed by atoms with Crippen LogP contribution < -0.4 is 16.4 Å². The van der Waals surface area contributed by atoms with E-state index in [0.29, 0.717) is 12.0 Å². The van der Waals surface area contributed by atoms with E-state index in [1.807, 2.05) is 58.9 Å². The summed E-state index contributed by atoms with van der Waals surface area (Å²) in [6.45, 7) is 15.0. The van der Waals surface area contributed by atoms with Gasteiger partial charge in [-0.2, -0.15) is 0 Å². The van der Waals surface area contributed by atoms with Crippen LogP contribution in [0.15, 0.2) is 24.3 Å². The van der Waals surface area contributed by atoms with Crippen molar-refractivity contribution in [2.24, 2.45) is 5.73 Å². The van der Waals surface area contributed by atoms with Crippen molar-refractivity contribution in [1.82, 2.24) is 15.5 Å². The molecule has 1 aromatic rings. The molecule has 9 heteroatoms. The summed E-state index contributed by atoms with van der Waals surface area (Å²) < 4.78 is 5.37. The van der Waals surface area contributed by atoms with E-state index < -0.39 is 35.6 Å². The second-order valence-electron chi connectivity index (χ2n) is 10.9. The Bertz CT molecular complexity index is 926. The van der Waals surface area contributed by atoms with E-state index in [-0.39, 0.29) is 30.8 Å². The van der Waals surface area contributed by atoms with Crippen LogP contribution >= 0.6 is 0 Å². The van der Waals surface area contributed by atoms with E-state index in [1.54, 1.807) is 20.8 Å². The molecule has 4 unspecified atom stereocenters. The summed E-state index contributed by atoms with van der Waals surface area (Å²) in [5.74, 6) is -1.37. The van der Waals surface area contributed by atoms with Crippen LogP contribution in [0.5, 0.6) is 0 Å². The maximum atomic E-state index is 14.1. The van der Waals surface area contributed by atoms with Gasteiger partial charge in [0.15, 0.2) is 0 Å². The van der Waals surface area contributed by atoms with Crippen LogP contribution in [0.1, 0.15) is 105 Å². The highest BCUT2D eigenvalue weighted by atomic mass is 16.6. The van der Waals surface area contributed by atoms with E-state index in [9.17, 15) is 19.2 Å². The molecule has 1 aromatic carbocycles. The number of hydrogen-bond acceptors (Lipinski definition) is 5. The lowest BCUT2D eigenvalue weighted by atomic mass is 9.97. The fourth-order valence-electron chi connectivity index (χ4n) is 4.17. The molecule has 214 valence electrons. The van der Waals surface area contributed by atoms with Crippen LogP contribution in [-0.2, 0) is 25.5 Å². The first-order valence-electron chi connectivity index (χ1n) is 13.7. The Morgan fingerprint density at radius 2 is 1.58 bits per heavy atom. The second kappa shape index (κ2) is 15.3. The fourth-order valence-corrected chi connectivity index (χ4v) is 4.17. The van der Waals surface area contributed by atoms with Crippen LogP contribution in [0.25, 0.3) is 0 Å². The molecule has 4 N–H and O–H groups in total. The maximum absolute atomic E-state index is 14.1. The molecule has 4 amide bonds. The number of primary amides is 1. The third-order valence-corrected chi connectivity index (χ3v) is 6.33. The zero-order chi connectivity index (χ0) is 29.0. The molecule has 0 aromatic heterocycles. The number of aryl methyl sites for hydroxylation is 1. The summed E-state index contributed by atoms with van der Waals surface area (Å²) in [7, 11) is 0. The van der Waals surface area contributed by atoms with Crippen molar-refractivity contribution >= 4 is 23.8 Å². The van der Waals surface area contributed by atoms with Gasteiger partial charge in [-0.15, -0.1) is 0 Å². The number of rotatable bonds is 14. The molecule has 4 atom stereocenters. The number of hydrogen-bond donors (Lipinski definition) is 3. The largest absolute Gasteiger partial charge is 0.444 e. The SMILES string of the molecule is CCCC(C)NC(=O)C(c1ccc(CC)cc1)N(C(=O)C(CCC(N)=O)NC(=O)OC(C)(C)C)C(C)CC. The average Bonchev–Trinajstić information content (AvgIpc) is 2.83. The van der Waals surface area contributed by atoms with E-state index in [1.165, 1.54) is 4.90 Å². The van der Waals surface area contributed by atoms with E-state index in [4.69, 9.17) is 10.5 Å². The Balaban J connectivity index is 3.56. The van der Waals surface area contributed by atoms with Gasteiger partial charge in [-0.25, -0.2) is 4.79 Å². The molecular weight excluding hydrogens is 484 g/mol. The van der Waals surface area contributed by atoms with Crippen molar-refractivity contribution in [3.05, 3.63) is 35.4 Å². The van der Waals surface area contributed by atoms with Gasteiger partial charge in [0, 0.05) is 18.5 Å². The number of ether oxygens (including phenoxy) is 1. The molecule has 0 heterocycles. The number of alkyl carbamates (subject to hydrolysis) is 1. The second-order valence-corrected chi connectivity index (χ2v) is 10.9. The minimum Gasteiger partial charge on any atom is -0.444 e. The number of nitrogens with one attached hydrogen (secondary N) is 2. The van der Waals surface area contributed by atoms with Crippen molar-refractivity contribution in [3.63, 3.8) is 0 Å². The molecule has 0 aliphatic heterocycles. The Kier molecular flexibility index (Phi) is 13.3. The van der Waals surface area contributed by atoms with Gasteiger partial charge in [-0.3, -0.25) is 14.4 Å². The lowest BCUT2D eigenvalue weighted by Crippen LogP contribution is -2.56. The number of carbonyl (C=O) groups excluding carboxylic acids is 4. The summed E-state index contributed by atoms with van der Waals surface area (Å²) in [4.78, 5) is 53.7. The van der Waals surface area contributed by atoms with Crippen LogP contribution in [0.3, 0.4) is 0 Å². The van der Waals surface area contributed by atoms with Crippen LogP contribution in [0.4, 0.5) is 4.79 Å². The maximum Gasteiger partial charge on any atom is 0.408 e. The zero-order valence-corrected chi connectivity index (χ0v) is 24.4. The molecule has 0 spiro atoms. The fraction of sp³-hybridized carbons (Fsp3) is 0.655. The first-order chi connectivity index (χ1) is 17.7. The van der Waals surface area contributed by atoms with Crippen LogP contribution in [0, 0.1) is 0 Å². The highest BCUT2D eigenvalue weighted by Gasteiger charge is 2.38. The quantitative estimate of drug-likeness (QED) is 0.327. The molecule has 9 nitrogen and oxygen atoms in total. The van der Waals surface area contributed by atoms with E-state index >= 15 is 0 Å². The predicted octanol–water partition coefficient (Wildman–Crippen LogP) is 4.38. The monoisotopic (exact) mass is 532 g/mol. The van der Waals surface area contributed by atoms with Gasteiger partial charge in [0.05, 0.1) is 0 Å². The molecule has 0 saturated heterocycles. The Labute approximate surface area is 228 Å². The molecule has 0 fully saturated rings. The minimum absolute atomic E-state index is 0.0182. The van der Waals surface area contributed by atoms with Gasteiger partial charge < -0.3 is 26.0 Å². The smallest absolute Gasteiger partial charge is 0.408 e. The van der Waals surface area contributed by atoms with E-state index in [2.05, 4.69) is 10.6 Å². The van der Waals surface area contributed by atoms with E-state index in [0.717, 1.165) is 24.8 Å². The number of benzene rings is 1. The summed E-state index contributed by atoms with van der Waals surface area (Å²) >= 11 is 0. The topological polar surface area (TPSA) is 131 Å². The van der Waals surface area contributed by atoms with Gasteiger partial charge >= 0.3 is 6.09 Å². The van der Waals surface area contributed by atoms with Gasteiger partial charge in [-0.1, -0.05) is 51.5 Å². The summed E-state index contributed by atoms with van der Waals surface area (Å²) in [6, 6.07) is 5.18.